The fourth-order valence-corrected chi connectivity index (χ4v) is 2.49. The van der Waals surface area contributed by atoms with Gasteiger partial charge in [0.15, 0.2) is 16.4 Å². The number of imidazole rings is 1. The van der Waals surface area contributed by atoms with E-state index >= 15 is 0 Å². The Kier molecular flexibility index (Phi) is 3.40. The van der Waals surface area contributed by atoms with E-state index in [1.54, 1.807) is 13.8 Å². The number of nitrogens with one attached hydrogen (secondary N) is 1. The summed E-state index contributed by atoms with van der Waals surface area (Å²) in [5.74, 6) is -2.89. The van der Waals surface area contributed by atoms with Crippen molar-refractivity contribution < 1.29 is 13.6 Å². The molecule has 0 aliphatic heterocycles. The molecule has 1 aromatic carbocycles. The van der Waals surface area contributed by atoms with Gasteiger partial charge in [0.1, 0.15) is 11.6 Å². The van der Waals surface area contributed by atoms with E-state index in [1.807, 2.05) is 0 Å². The number of fused-ring (bicyclic) bond motifs is 1. The zero-order valence-corrected chi connectivity index (χ0v) is 11.2. The summed E-state index contributed by atoms with van der Waals surface area (Å²) < 4.78 is 28.7. The van der Waals surface area contributed by atoms with Crippen LogP contribution in [0.4, 0.5) is 8.78 Å². The number of carbonyl (C=O) groups excluding carboxylic acids is 1. The second-order valence-electron chi connectivity index (χ2n) is 4.65. The molecule has 7 heteroatoms. The molecule has 1 aromatic heterocycles. The average molecular weight is 285 g/mol. The Hall–Kier alpha value is -1.76. The maximum absolute atomic E-state index is 13.9. The molecule has 1 unspecified atom stereocenters. The Bertz CT molecular complexity index is 705. The first-order chi connectivity index (χ1) is 8.84. The third-order valence-corrected chi connectivity index (χ3v) is 3.27. The highest BCUT2D eigenvalue weighted by Crippen LogP contribution is 2.27. The number of hydrogen-bond donors (Lipinski definition) is 2. The largest absolute Gasteiger partial charge is 0.368 e. The first kappa shape index (κ1) is 13.7. The highest BCUT2D eigenvalue weighted by molar-refractivity contribution is 7.71. The molecule has 0 spiro atoms. The van der Waals surface area contributed by atoms with E-state index < -0.39 is 23.6 Å². The summed E-state index contributed by atoms with van der Waals surface area (Å²) in [6.45, 7) is 3.51. The van der Waals surface area contributed by atoms with Crippen molar-refractivity contribution in [3.8, 4) is 0 Å². The predicted octanol–water partition coefficient (Wildman–Crippen LogP) is 2.66. The molecular formula is C12H13F2N3OS. The van der Waals surface area contributed by atoms with Gasteiger partial charge in [0.2, 0.25) is 5.91 Å². The third-order valence-electron chi connectivity index (χ3n) is 2.97. The second-order valence-corrected chi connectivity index (χ2v) is 5.04. The molecule has 2 aromatic rings. The first-order valence-corrected chi connectivity index (χ1v) is 6.13. The summed E-state index contributed by atoms with van der Waals surface area (Å²) in [6, 6.07) is 1.54. The van der Waals surface area contributed by atoms with E-state index in [0.717, 1.165) is 6.07 Å². The Morgan fingerprint density at radius 2 is 2.05 bits per heavy atom. The van der Waals surface area contributed by atoms with Crippen LogP contribution in [0.25, 0.3) is 11.0 Å². The fraction of sp³-hybridized carbons (Fsp3) is 0.333. The number of primary amides is 1. The van der Waals surface area contributed by atoms with Crippen molar-refractivity contribution in [3.05, 3.63) is 28.5 Å². The molecule has 2 rings (SSSR count). The lowest BCUT2D eigenvalue weighted by Gasteiger charge is -2.20. The molecule has 4 nitrogen and oxygen atoms in total. The fourth-order valence-electron chi connectivity index (χ4n) is 2.17. The van der Waals surface area contributed by atoms with Gasteiger partial charge in [0.25, 0.3) is 0 Å². The van der Waals surface area contributed by atoms with Crippen molar-refractivity contribution in [2.45, 2.75) is 19.9 Å². The van der Waals surface area contributed by atoms with Crippen molar-refractivity contribution >= 4 is 29.2 Å². The SMILES string of the molecule is CC(C)C(C(N)=O)n1c(=S)[nH]c2ccc(F)c(F)c21. The Morgan fingerprint density at radius 3 is 2.58 bits per heavy atom. The van der Waals surface area contributed by atoms with Crippen LogP contribution in [0.15, 0.2) is 12.1 Å². The van der Waals surface area contributed by atoms with Crippen molar-refractivity contribution in [2.75, 3.05) is 0 Å². The lowest BCUT2D eigenvalue weighted by Crippen LogP contribution is -2.30. The zero-order chi connectivity index (χ0) is 14.3. The van der Waals surface area contributed by atoms with Gasteiger partial charge in [-0.3, -0.25) is 4.79 Å². The highest BCUT2D eigenvalue weighted by Gasteiger charge is 2.26. The van der Waals surface area contributed by atoms with Crippen LogP contribution in [0, 0.1) is 22.3 Å². The second kappa shape index (κ2) is 4.73. The molecule has 0 radical (unpaired) electrons. The number of rotatable bonds is 3. The minimum Gasteiger partial charge on any atom is -0.368 e. The standard InChI is InChI=1S/C12H13F2N3OS/c1-5(2)9(11(15)18)17-10-7(16-12(17)19)4-3-6(13)8(10)14/h3-5,9H,1-2H3,(H2,15,18)(H,16,19). The van der Waals surface area contributed by atoms with E-state index in [-0.39, 0.29) is 16.2 Å². The van der Waals surface area contributed by atoms with Gasteiger partial charge in [-0.25, -0.2) is 8.78 Å². The molecule has 0 fully saturated rings. The van der Waals surface area contributed by atoms with Crippen molar-refractivity contribution in [3.63, 3.8) is 0 Å². The molecule has 3 N–H and O–H groups in total. The smallest absolute Gasteiger partial charge is 0.240 e. The Labute approximate surface area is 113 Å². The van der Waals surface area contributed by atoms with E-state index in [2.05, 4.69) is 4.98 Å². The molecule has 1 atom stereocenters. The van der Waals surface area contributed by atoms with Crippen molar-refractivity contribution in [1.82, 2.24) is 9.55 Å². The van der Waals surface area contributed by atoms with E-state index in [1.165, 1.54) is 10.6 Å². The number of benzene rings is 1. The summed E-state index contributed by atoms with van der Waals surface area (Å²) in [6.07, 6.45) is 0. The first-order valence-electron chi connectivity index (χ1n) is 5.72. The third kappa shape index (κ3) is 2.14. The van der Waals surface area contributed by atoms with Gasteiger partial charge in [-0.15, -0.1) is 0 Å². The number of amides is 1. The zero-order valence-electron chi connectivity index (χ0n) is 10.4. The molecule has 0 bridgehead atoms. The lowest BCUT2D eigenvalue weighted by atomic mass is 10.0. The molecular weight excluding hydrogens is 272 g/mol. The number of hydrogen-bond acceptors (Lipinski definition) is 2. The summed E-state index contributed by atoms with van der Waals surface area (Å²) in [4.78, 5) is 14.3. The van der Waals surface area contributed by atoms with Gasteiger partial charge in [0.05, 0.1) is 5.52 Å². The Balaban J connectivity index is 2.86. The highest BCUT2D eigenvalue weighted by atomic mass is 32.1. The van der Waals surface area contributed by atoms with Gasteiger partial charge in [-0.05, 0) is 30.3 Å². The van der Waals surface area contributed by atoms with E-state index in [4.69, 9.17) is 18.0 Å². The van der Waals surface area contributed by atoms with Crippen LogP contribution in [-0.4, -0.2) is 15.5 Å². The Morgan fingerprint density at radius 1 is 1.42 bits per heavy atom. The molecule has 0 aliphatic rings. The summed E-state index contributed by atoms with van der Waals surface area (Å²) in [7, 11) is 0. The minimum absolute atomic E-state index is 0.0671. The number of halogens is 2. The minimum atomic E-state index is -1.04. The van der Waals surface area contributed by atoms with E-state index in [9.17, 15) is 13.6 Å². The van der Waals surface area contributed by atoms with Crippen LogP contribution in [-0.2, 0) is 4.79 Å². The summed E-state index contributed by atoms with van der Waals surface area (Å²) in [5, 5.41) is 0. The molecule has 19 heavy (non-hydrogen) atoms. The van der Waals surface area contributed by atoms with Crippen LogP contribution < -0.4 is 5.73 Å². The van der Waals surface area contributed by atoms with Crippen molar-refractivity contribution in [1.29, 1.82) is 0 Å². The van der Waals surface area contributed by atoms with Crippen LogP contribution >= 0.6 is 12.2 Å². The number of H-pyrrole nitrogens is 1. The van der Waals surface area contributed by atoms with Gasteiger partial charge >= 0.3 is 0 Å². The van der Waals surface area contributed by atoms with Crippen LogP contribution in [0.3, 0.4) is 0 Å². The maximum atomic E-state index is 13.9. The normalized spacial score (nSPS) is 13.1. The number of aromatic nitrogens is 2. The molecule has 0 saturated heterocycles. The molecule has 0 aliphatic carbocycles. The number of aromatic amines is 1. The topological polar surface area (TPSA) is 63.8 Å². The summed E-state index contributed by atoms with van der Waals surface area (Å²) >= 11 is 5.08. The maximum Gasteiger partial charge on any atom is 0.240 e. The lowest BCUT2D eigenvalue weighted by molar-refractivity contribution is -0.122. The quantitative estimate of drug-likeness (QED) is 0.852. The number of nitrogens with zero attached hydrogens (tertiary/aromatic N) is 1. The molecule has 0 saturated carbocycles. The van der Waals surface area contributed by atoms with Gasteiger partial charge in [-0.2, -0.15) is 0 Å². The van der Waals surface area contributed by atoms with E-state index in [0.29, 0.717) is 5.52 Å². The van der Waals surface area contributed by atoms with Crippen LogP contribution in [0.1, 0.15) is 19.9 Å². The van der Waals surface area contributed by atoms with Gasteiger partial charge in [0, 0.05) is 0 Å². The molecule has 102 valence electrons. The van der Waals surface area contributed by atoms with Gasteiger partial charge in [-0.1, -0.05) is 13.8 Å². The summed E-state index contributed by atoms with van der Waals surface area (Å²) in [5.41, 5.74) is 5.60. The number of nitrogens with two attached hydrogens (primary N) is 1. The predicted molar refractivity (Wildman–Crippen MR) is 70.1 cm³/mol. The van der Waals surface area contributed by atoms with Crippen LogP contribution in [0.5, 0.6) is 0 Å². The molecule has 1 amide bonds. The van der Waals surface area contributed by atoms with Crippen molar-refractivity contribution in [2.24, 2.45) is 11.7 Å². The average Bonchev–Trinajstić information content (AvgIpc) is 2.61. The van der Waals surface area contributed by atoms with Gasteiger partial charge < -0.3 is 15.3 Å². The number of carbonyl (C=O) groups is 1. The monoisotopic (exact) mass is 285 g/mol. The van der Waals surface area contributed by atoms with Crippen LogP contribution in [0.2, 0.25) is 0 Å². The molecule has 1 heterocycles.